The molecule has 2 aromatic heterocycles. The molecule has 0 aliphatic heterocycles. The van der Waals surface area contributed by atoms with Crippen LogP contribution in [-0.4, -0.2) is 19.5 Å². The highest BCUT2D eigenvalue weighted by Gasteiger charge is 2.09. The predicted octanol–water partition coefficient (Wildman–Crippen LogP) is 4.27. The minimum Gasteiger partial charge on any atom is -0.340 e. The topological polar surface area (TPSA) is 55.6 Å². The summed E-state index contributed by atoms with van der Waals surface area (Å²) in [6.45, 7) is 0.558. The molecule has 0 aliphatic carbocycles. The third-order valence-corrected chi connectivity index (χ3v) is 3.86. The van der Waals surface area contributed by atoms with E-state index in [1.807, 2.05) is 59.3 Å². The lowest BCUT2D eigenvalue weighted by Crippen LogP contribution is -2.06. The first-order valence-corrected chi connectivity index (χ1v) is 7.90. The molecule has 2 aromatic carbocycles. The number of imidazole rings is 1. The molecule has 2 heterocycles. The Kier molecular flexibility index (Phi) is 3.84. The molecule has 0 saturated carbocycles. The molecule has 0 saturated heterocycles. The summed E-state index contributed by atoms with van der Waals surface area (Å²) in [4.78, 5) is 13.4. The molecular formula is C18H14ClN5. The van der Waals surface area contributed by atoms with Crippen molar-refractivity contribution in [1.29, 1.82) is 0 Å². The number of nitrogens with one attached hydrogen (secondary N) is 1. The van der Waals surface area contributed by atoms with Crippen molar-refractivity contribution in [3.8, 4) is 0 Å². The number of para-hydroxylation sites is 1. The maximum atomic E-state index is 6.15. The highest BCUT2D eigenvalue weighted by molar-refractivity contribution is 6.31. The van der Waals surface area contributed by atoms with Crippen molar-refractivity contribution in [3.05, 3.63) is 78.1 Å². The Hall–Kier alpha value is -2.92. The monoisotopic (exact) mass is 335 g/mol. The number of nitrogens with zero attached hydrogens (tertiary/aromatic N) is 4. The summed E-state index contributed by atoms with van der Waals surface area (Å²) in [5.41, 5.74) is 1.81. The van der Waals surface area contributed by atoms with Crippen LogP contribution >= 0.6 is 11.6 Å². The lowest BCUT2D eigenvalue weighted by molar-refractivity contribution is 0.749. The first-order valence-electron chi connectivity index (χ1n) is 7.52. The van der Waals surface area contributed by atoms with Crippen LogP contribution in [0, 0.1) is 0 Å². The van der Waals surface area contributed by atoms with Crippen LogP contribution in [0.3, 0.4) is 0 Å². The minimum absolute atomic E-state index is 0.558. The second-order valence-electron chi connectivity index (χ2n) is 5.38. The van der Waals surface area contributed by atoms with E-state index in [0.29, 0.717) is 17.4 Å². The molecule has 6 heteroatoms. The molecule has 0 bridgehead atoms. The van der Waals surface area contributed by atoms with Crippen molar-refractivity contribution in [2.75, 3.05) is 5.32 Å². The van der Waals surface area contributed by atoms with E-state index >= 15 is 0 Å². The van der Waals surface area contributed by atoms with E-state index in [2.05, 4.69) is 20.3 Å². The Morgan fingerprint density at radius 2 is 1.92 bits per heavy atom. The molecule has 4 aromatic rings. The summed E-state index contributed by atoms with van der Waals surface area (Å²) in [6.07, 6.45) is 5.38. The molecule has 1 N–H and O–H groups in total. The van der Waals surface area contributed by atoms with Gasteiger partial charge in [-0.2, -0.15) is 0 Å². The zero-order valence-corrected chi connectivity index (χ0v) is 13.5. The van der Waals surface area contributed by atoms with E-state index in [0.717, 1.165) is 22.4 Å². The molecule has 118 valence electrons. The van der Waals surface area contributed by atoms with Gasteiger partial charge < -0.3 is 9.88 Å². The maximum Gasteiger partial charge on any atom is 0.151 e. The van der Waals surface area contributed by atoms with Gasteiger partial charge in [-0.15, -0.1) is 0 Å². The summed E-state index contributed by atoms with van der Waals surface area (Å²) < 4.78 is 1.93. The van der Waals surface area contributed by atoms with Gasteiger partial charge in [-0.25, -0.2) is 15.0 Å². The Balaban J connectivity index is 1.80. The second kappa shape index (κ2) is 6.29. The zero-order chi connectivity index (χ0) is 16.4. The fourth-order valence-electron chi connectivity index (χ4n) is 2.52. The number of anilines is 2. The number of rotatable bonds is 4. The average molecular weight is 336 g/mol. The molecule has 0 amide bonds. The maximum absolute atomic E-state index is 6.15. The summed E-state index contributed by atoms with van der Waals surface area (Å²) in [6, 6.07) is 15.5. The summed E-state index contributed by atoms with van der Waals surface area (Å²) >= 11 is 6.15. The van der Waals surface area contributed by atoms with Gasteiger partial charge in [0, 0.05) is 28.5 Å². The van der Waals surface area contributed by atoms with E-state index in [9.17, 15) is 0 Å². The Bertz CT molecular complexity index is 968. The standard InChI is InChI=1S/C18H14ClN5/c19-13-6-7-16-15(10-13)18(21-14-4-2-1-3-5-14)23-17(22-16)11-24-9-8-20-12-24/h1-10,12H,11H2,(H,21,22,23). The van der Waals surface area contributed by atoms with Crippen molar-refractivity contribution < 1.29 is 0 Å². The van der Waals surface area contributed by atoms with Crippen molar-refractivity contribution in [1.82, 2.24) is 19.5 Å². The molecule has 0 radical (unpaired) electrons. The van der Waals surface area contributed by atoms with Gasteiger partial charge in [0.15, 0.2) is 5.82 Å². The van der Waals surface area contributed by atoms with Crippen LogP contribution in [0.15, 0.2) is 67.3 Å². The second-order valence-corrected chi connectivity index (χ2v) is 5.81. The lowest BCUT2D eigenvalue weighted by atomic mass is 10.2. The number of halogens is 1. The van der Waals surface area contributed by atoms with E-state index in [4.69, 9.17) is 11.6 Å². The van der Waals surface area contributed by atoms with Gasteiger partial charge in [0.25, 0.3) is 0 Å². The molecule has 0 unspecified atom stereocenters. The smallest absolute Gasteiger partial charge is 0.151 e. The highest BCUT2D eigenvalue weighted by Crippen LogP contribution is 2.26. The van der Waals surface area contributed by atoms with Crippen molar-refractivity contribution in [2.45, 2.75) is 6.54 Å². The molecule has 0 fully saturated rings. The first-order chi connectivity index (χ1) is 11.8. The quantitative estimate of drug-likeness (QED) is 0.605. The minimum atomic E-state index is 0.558. The Labute approximate surface area is 144 Å². The number of benzene rings is 2. The molecule has 0 spiro atoms. The lowest BCUT2D eigenvalue weighted by Gasteiger charge is -2.11. The van der Waals surface area contributed by atoms with Crippen LogP contribution < -0.4 is 5.32 Å². The van der Waals surface area contributed by atoms with Crippen molar-refractivity contribution >= 4 is 34.0 Å². The van der Waals surface area contributed by atoms with E-state index in [-0.39, 0.29) is 0 Å². The fraction of sp³-hybridized carbons (Fsp3) is 0.0556. The normalized spacial score (nSPS) is 10.9. The summed E-state index contributed by atoms with van der Waals surface area (Å²) in [7, 11) is 0. The number of hydrogen-bond donors (Lipinski definition) is 1. The number of aromatic nitrogens is 4. The Morgan fingerprint density at radius 3 is 2.71 bits per heavy atom. The zero-order valence-electron chi connectivity index (χ0n) is 12.7. The molecular weight excluding hydrogens is 322 g/mol. The predicted molar refractivity (Wildman–Crippen MR) is 95.6 cm³/mol. The van der Waals surface area contributed by atoms with Gasteiger partial charge in [-0.1, -0.05) is 29.8 Å². The summed E-state index contributed by atoms with van der Waals surface area (Å²) in [5, 5.41) is 4.91. The van der Waals surface area contributed by atoms with Crippen LogP contribution in [0.5, 0.6) is 0 Å². The van der Waals surface area contributed by atoms with Gasteiger partial charge in [-0.05, 0) is 30.3 Å². The molecule has 0 atom stereocenters. The van der Waals surface area contributed by atoms with E-state index in [1.54, 1.807) is 12.5 Å². The largest absolute Gasteiger partial charge is 0.340 e. The third-order valence-electron chi connectivity index (χ3n) is 3.62. The van der Waals surface area contributed by atoms with Crippen LogP contribution in [0.4, 0.5) is 11.5 Å². The van der Waals surface area contributed by atoms with Crippen LogP contribution in [-0.2, 0) is 6.54 Å². The van der Waals surface area contributed by atoms with Crippen LogP contribution in [0.2, 0.25) is 5.02 Å². The first kappa shape index (κ1) is 14.7. The van der Waals surface area contributed by atoms with Gasteiger partial charge in [0.1, 0.15) is 5.82 Å². The van der Waals surface area contributed by atoms with Crippen LogP contribution in [0.1, 0.15) is 5.82 Å². The number of fused-ring (bicyclic) bond motifs is 1. The van der Waals surface area contributed by atoms with Gasteiger partial charge in [0.05, 0.1) is 18.4 Å². The van der Waals surface area contributed by atoms with Gasteiger partial charge in [0.2, 0.25) is 0 Å². The van der Waals surface area contributed by atoms with Crippen LogP contribution in [0.25, 0.3) is 10.9 Å². The number of hydrogen-bond acceptors (Lipinski definition) is 4. The van der Waals surface area contributed by atoms with Gasteiger partial charge >= 0.3 is 0 Å². The van der Waals surface area contributed by atoms with Crippen molar-refractivity contribution in [3.63, 3.8) is 0 Å². The molecule has 4 rings (SSSR count). The Morgan fingerprint density at radius 1 is 1.04 bits per heavy atom. The molecule has 0 aliphatic rings. The molecule has 5 nitrogen and oxygen atoms in total. The highest BCUT2D eigenvalue weighted by atomic mass is 35.5. The van der Waals surface area contributed by atoms with Gasteiger partial charge in [-0.3, -0.25) is 0 Å². The van der Waals surface area contributed by atoms with E-state index in [1.165, 1.54) is 0 Å². The fourth-order valence-corrected chi connectivity index (χ4v) is 2.69. The average Bonchev–Trinajstić information content (AvgIpc) is 3.09. The third kappa shape index (κ3) is 3.07. The van der Waals surface area contributed by atoms with E-state index < -0.39 is 0 Å². The molecule has 24 heavy (non-hydrogen) atoms. The van der Waals surface area contributed by atoms with Crippen molar-refractivity contribution in [2.24, 2.45) is 0 Å². The summed E-state index contributed by atoms with van der Waals surface area (Å²) in [5.74, 6) is 1.45. The SMILES string of the molecule is Clc1ccc2nc(Cn3ccnc3)nc(Nc3ccccc3)c2c1.